The summed E-state index contributed by atoms with van der Waals surface area (Å²) >= 11 is 5.91. The van der Waals surface area contributed by atoms with Crippen LogP contribution in [0.5, 0.6) is 0 Å². The number of rotatable bonds is 5. The monoisotopic (exact) mass is 330 g/mol. The number of hydrogen-bond acceptors (Lipinski definition) is 4. The standard InChI is InChI=1S/C18H23ClN4/c1-23(12-14-3-2-8-20-9-14)13-15-10-21-18(22-11-15)16-4-6-17(19)7-5-16/h4-7,10-11,14,20H,2-3,8-9,12-13H2,1H3/t14-/m0/s1. The van der Waals surface area contributed by atoms with E-state index in [9.17, 15) is 0 Å². The maximum Gasteiger partial charge on any atom is 0.159 e. The van der Waals surface area contributed by atoms with Crippen LogP contribution in [0.25, 0.3) is 11.4 Å². The number of halogens is 1. The first-order valence-corrected chi connectivity index (χ1v) is 8.54. The molecule has 1 fully saturated rings. The molecule has 1 saturated heterocycles. The Hall–Kier alpha value is -1.49. The highest BCUT2D eigenvalue weighted by Gasteiger charge is 2.15. The van der Waals surface area contributed by atoms with Gasteiger partial charge in [-0.15, -0.1) is 0 Å². The molecule has 0 spiro atoms. The fourth-order valence-corrected chi connectivity index (χ4v) is 3.21. The van der Waals surface area contributed by atoms with Gasteiger partial charge in [-0.1, -0.05) is 11.6 Å². The van der Waals surface area contributed by atoms with Crippen molar-refractivity contribution in [2.45, 2.75) is 19.4 Å². The van der Waals surface area contributed by atoms with E-state index in [0.717, 1.165) is 47.5 Å². The maximum absolute atomic E-state index is 5.91. The van der Waals surface area contributed by atoms with Crippen LogP contribution in [0, 0.1) is 5.92 Å². The van der Waals surface area contributed by atoms with Crippen molar-refractivity contribution in [1.29, 1.82) is 0 Å². The second-order valence-electron chi connectivity index (χ2n) is 6.33. The lowest BCUT2D eigenvalue weighted by atomic mass is 9.99. The lowest BCUT2D eigenvalue weighted by Crippen LogP contribution is -2.36. The highest BCUT2D eigenvalue weighted by atomic mass is 35.5. The van der Waals surface area contributed by atoms with Gasteiger partial charge < -0.3 is 10.2 Å². The van der Waals surface area contributed by atoms with Gasteiger partial charge in [0.15, 0.2) is 5.82 Å². The summed E-state index contributed by atoms with van der Waals surface area (Å²) in [6, 6.07) is 7.61. The molecule has 0 bridgehead atoms. The summed E-state index contributed by atoms with van der Waals surface area (Å²) in [6.07, 6.45) is 6.46. The van der Waals surface area contributed by atoms with E-state index in [1.54, 1.807) is 0 Å². The second kappa shape index (κ2) is 7.86. The first-order chi connectivity index (χ1) is 11.2. The second-order valence-corrected chi connectivity index (χ2v) is 6.77. The molecule has 0 aliphatic carbocycles. The highest BCUT2D eigenvalue weighted by Crippen LogP contribution is 2.18. The number of aromatic nitrogens is 2. The zero-order chi connectivity index (χ0) is 16.1. The Morgan fingerprint density at radius 3 is 2.61 bits per heavy atom. The van der Waals surface area contributed by atoms with Gasteiger partial charge in [0.2, 0.25) is 0 Å². The van der Waals surface area contributed by atoms with Crippen LogP contribution in [0.4, 0.5) is 0 Å². The predicted octanol–water partition coefficient (Wildman–Crippen LogP) is 3.23. The van der Waals surface area contributed by atoms with Crippen molar-refractivity contribution in [3.63, 3.8) is 0 Å². The zero-order valence-electron chi connectivity index (χ0n) is 13.5. The van der Waals surface area contributed by atoms with Crippen molar-refractivity contribution in [3.05, 3.63) is 47.2 Å². The molecule has 1 atom stereocenters. The first kappa shape index (κ1) is 16.4. The number of hydrogen-bond donors (Lipinski definition) is 1. The summed E-state index contributed by atoms with van der Waals surface area (Å²) in [4.78, 5) is 11.3. The van der Waals surface area contributed by atoms with E-state index in [-0.39, 0.29) is 0 Å². The SMILES string of the molecule is CN(Cc1cnc(-c2ccc(Cl)cc2)nc1)C[C@H]1CCCNC1. The molecule has 3 rings (SSSR count). The van der Waals surface area contributed by atoms with E-state index in [2.05, 4.69) is 27.2 Å². The van der Waals surface area contributed by atoms with Gasteiger partial charge in [0.1, 0.15) is 0 Å². The summed E-state index contributed by atoms with van der Waals surface area (Å²) in [5.74, 6) is 1.49. The molecule has 1 N–H and O–H groups in total. The van der Waals surface area contributed by atoms with Gasteiger partial charge >= 0.3 is 0 Å². The maximum atomic E-state index is 5.91. The lowest BCUT2D eigenvalue weighted by molar-refractivity contribution is 0.237. The third-order valence-corrected chi connectivity index (χ3v) is 4.48. The topological polar surface area (TPSA) is 41.1 Å². The molecule has 1 aliphatic heterocycles. The minimum Gasteiger partial charge on any atom is -0.316 e. The van der Waals surface area contributed by atoms with Gasteiger partial charge in [-0.25, -0.2) is 9.97 Å². The molecule has 2 aromatic rings. The number of nitrogens with zero attached hydrogens (tertiary/aromatic N) is 3. The average molecular weight is 331 g/mol. The molecule has 122 valence electrons. The first-order valence-electron chi connectivity index (χ1n) is 8.17. The number of piperidine rings is 1. The van der Waals surface area contributed by atoms with Gasteiger partial charge in [-0.2, -0.15) is 0 Å². The molecule has 1 aromatic heterocycles. The Labute approximate surface area is 142 Å². The van der Waals surface area contributed by atoms with Crippen LogP contribution in [0.2, 0.25) is 5.02 Å². The van der Waals surface area contributed by atoms with Gasteiger partial charge in [-0.3, -0.25) is 0 Å². The Kier molecular flexibility index (Phi) is 5.60. The molecule has 0 unspecified atom stereocenters. The highest BCUT2D eigenvalue weighted by molar-refractivity contribution is 6.30. The lowest BCUT2D eigenvalue weighted by Gasteiger charge is -2.27. The van der Waals surface area contributed by atoms with Crippen molar-refractivity contribution in [1.82, 2.24) is 20.2 Å². The molecule has 1 aromatic carbocycles. The third kappa shape index (κ3) is 4.74. The molecule has 23 heavy (non-hydrogen) atoms. The molecule has 2 heterocycles. The van der Waals surface area contributed by atoms with E-state index in [1.807, 2.05) is 36.7 Å². The van der Waals surface area contributed by atoms with Gasteiger partial charge in [0, 0.05) is 41.6 Å². The average Bonchev–Trinajstić information content (AvgIpc) is 2.57. The molecule has 0 saturated carbocycles. The molecule has 5 heteroatoms. The van der Waals surface area contributed by atoms with Crippen LogP contribution in [0.1, 0.15) is 18.4 Å². The quantitative estimate of drug-likeness (QED) is 0.914. The predicted molar refractivity (Wildman–Crippen MR) is 94.4 cm³/mol. The zero-order valence-corrected chi connectivity index (χ0v) is 14.3. The molecule has 4 nitrogen and oxygen atoms in total. The van der Waals surface area contributed by atoms with Crippen LogP contribution < -0.4 is 5.32 Å². The van der Waals surface area contributed by atoms with Crippen molar-refractivity contribution in [2.75, 3.05) is 26.7 Å². The fraction of sp³-hybridized carbons (Fsp3) is 0.444. The van der Waals surface area contributed by atoms with E-state index < -0.39 is 0 Å². The molecular weight excluding hydrogens is 308 g/mol. The molecule has 0 radical (unpaired) electrons. The van der Waals surface area contributed by atoms with Crippen molar-refractivity contribution in [3.8, 4) is 11.4 Å². The third-order valence-electron chi connectivity index (χ3n) is 4.23. The Bertz CT molecular complexity index is 606. The van der Waals surface area contributed by atoms with Gasteiger partial charge in [-0.05, 0) is 63.2 Å². The summed E-state index contributed by atoms with van der Waals surface area (Å²) in [5.41, 5.74) is 2.14. The van der Waals surface area contributed by atoms with Crippen LogP contribution >= 0.6 is 11.6 Å². The minimum absolute atomic E-state index is 0.726. The number of benzene rings is 1. The molecule has 1 aliphatic rings. The fourth-order valence-electron chi connectivity index (χ4n) is 3.08. The number of nitrogens with one attached hydrogen (secondary N) is 1. The van der Waals surface area contributed by atoms with Crippen molar-refractivity contribution >= 4 is 11.6 Å². The van der Waals surface area contributed by atoms with Crippen molar-refractivity contribution in [2.24, 2.45) is 5.92 Å². The van der Waals surface area contributed by atoms with E-state index in [4.69, 9.17) is 11.6 Å². The summed E-state index contributed by atoms with van der Waals surface area (Å²) < 4.78 is 0. The molecular formula is C18H23ClN4. The smallest absolute Gasteiger partial charge is 0.159 e. The van der Waals surface area contributed by atoms with E-state index >= 15 is 0 Å². The molecule has 0 amide bonds. The normalized spacial score (nSPS) is 18.3. The van der Waals surface area contributed by atoms with Gasteiger partial charge in [0.05, 0.1) is 0 Å². The largest absolute Gasteiger partial charge is 0.316 e. The summed E-state index contributed by atoms with van der Waals surface area (Å²) in [5, 5.41) is 4.20. The van der Waals surface area contributed by atoms with E-state index in [0.29, 0.717) is 0 Å². The van der Waals surface area contributed by atoms with Crippen LogP contribution in [-0.2, 0) is 6.54 Å². The van der Waals surface area contributed by atoms with E-state index in [1.165, 1.54) is 19.4 Å². The van der Waals surface area contributed by atoms with Crippen LogP contribution in [0.3, 0.4) is 0 Å². The van der Waals surface area contributed by atoms with Gasteiger partial charge in [0.25, 0.3) is 0 Å². The van der Waals surface area contributed by atoms with Crippen molar-refractivity contribution < 1.29 is 0 Å². The Morgan fingerprint density at radius 1 is 1.22 bits per heavy atom. The summed E-state index contributed by atoms with van der Waals surface area (Å²) in [6.45, 7) is 4.31. The van der Waals surface area contributed by atoms with Crippen LogP contribution in [-0.4, -0.2) is 41.5 Å². The summed E-state index contributed by atoms with van der Waals surface area (Å²) in [7, 11) is 2.17. The minimum atomic E-state index is 0.726. The Morgan fingerprint density at radius 2 is 1.96 bits per heavy atom. The Balaban J connectivity index is 1.57. The van der Waals surface area contributed by atoms with Crippen LogP contribution in [0.15, 0.2) is 36.7 Å².